The minimum atomic E-state index is -0.266. The third-order valence-electron chi connectivity index (χ3n) is 5.07. The van der Waals surface area contributed by atoms with Gasteiger partial charge in [0.1, 0.15) is 17.2 Å². The predicted molar refractivity (Wildman–Crippen MR) is 120 cm³/mol. The van der Waals surface area contributed by atoms with Gasteiger partial charge in [-0.3, -0.25) is 4.79 Å². The summed E-state index contributed by atoms with van der Waals surface area (Å²) in [5.74, 6) is 0.331. The van der Waals surface area contributed by atoms with Crippen LogP contribution in [-0.2, 0) is 11.2 Å². The van der Waals surface area contributed by atoms with E-state index in [1.165, 1.54) is 6.07 Å². The first-order chi connectivity index (χ1) is 14.9. The Hall–Kier alpha value is -3.67. The number of aryl methyl sites for hydroxylation is 2. The van der Waals surface area contributed by atoms with Crippen LogP contribution in [0, 0.1) is 19.7 Å². The number of nitrogens with one attached hydrogen (secondary N) is 1. The minimum absolute atomic E-state index is 0.129. The Labute approximate surface area is 180 Å². The molecule has 1 N–H and O–H groups in total. The number of carbonyl (C=O) groups excluding carboxylic acids is 1. The molecule has 4 rings (SSSR count). The maximum atomic E-state index is 13.8. The van der Waals surface area contributed by atoms with Gasteiger partial charge in [0.05, 0.1) is 24.4 Å². The molecule has 0 aliphatic carbocycles. The van der Waals surface area contributed by atoms with Crippen molar-refractivity contribution in [2.24, 2.45) is 0 Å². The molecule has 31 heavy (non-hydrogen) atoms. The van der Waals surface area contributed by atoms with Gasteiger partial charge >= 0.3 is 0 Å². The summed E-state index contributed by atoms with van der Waals surface area (Å²) in [6.45, 7) is 6.22. The van der Waals surface area contributed by atoms with Crippen LogP contribution in [0.4, 0.5) is 10.1 Å². The number of amides is 1. The molecule has 0 fully saturated rings. The number of benzene rings is 2. The van der Waals surface area contributed by atoms with Gasteiger partial charge in [0, 0.05) is 17.4 Å². The van der Waals surface area contributed by atoms with Crippen molar-refractivity contribution in [1.29, 1.82) is 0 Å². The van der Waals surface area contributed by atoms with Crippen molar-refractivity contribution in [3.05, 3.63) is 83.4 Å². The first kappa shape index (κ1) is 20.6. The summed E-state index contributed by atoms with van der Waals surface area (Å²) in [4.78, 5) is 17.6. The molecule has 1 amide bonds. The molecular formula is C25H24FN3O2. The number of nitrogens with zero attached hydrogens (tertiary/aromatic N) is 2. The van der Waals surface area contributed by atoms with Crippen LogP contribution in [0.1, 0.15) is 23.7 Å². The smallest absolute Gasteiger partial charge is 0.230 e. The van der Waals surface area contributed by atoms with E-state index in [0.29, 0.717) is 23.6 Å². The van der Waals surface area contributed by atoms with E-state index < -0.39 is 0 Å². The largest absolute Gasteiger partial charge is 0.494 e. The first-order valence-corrected chi connectivity index (χ1v) is 10.2. The van der Waals surface area contributed by atoms with Gasteiger partial charge in [-0.25, -0.2) is 9.37 Å². The number of anilines is 1. The number of hydrogen-bond donors (Lipinski definition) is 1. The number of rotatable bonds is 6. The molecule has 0 saturated carbocycles. The SMILES string of the molecule is CCOc1ccc(NC(=O)Cc2c(-c3ccc(F)c(C)c3)nc3ccc(C)cn23)cc1. The highest BCUT2D eigenvalue weighted by Gasteiger charge is 2.18. The number of pyridine rings is 1. The third-order valence-corrected chi connectivity index (χ3v) is 5.07. The molecule has 0 aliphatic heterocycles. The van der Waals surface area contributed by atoms with E-state index in [2.05, 4.69) is 5.32 Å². The second-order valence-electron chi connectivity index (χ2n) is 7.49. The fourth-order valence-corrected chi connectivity index (χ4v) is 3.55. The number of hydrogen-bond acceptors (Lipinski definition) is 3. The van der Waals surface area contributed by atoms with Crippen molar-refractivity contribution < 1.29 is 13.9 Å². The Bertz CT molecular complexity index is 1250. The Morgan fingerprint density at radius 1 is 1.10 bits per heavy atom. The van der Waals surface area contributed by atoms with Crippen LogP contribution < -0.4 is 10.1 Å². The van der Waals surface area contributed by atoms with Gasteiger partial charge in [0.25, 0.3) is 0 Å². The molecule has 158 valence electrons. The van der Waals surface area contributed by atoms with E-state index in [-0.39, 0.29) is 18.1 Å². The van der Waals surface area contributed by atoms with E-state index in [0.717, 1.165) is 28.2 Å². The highest BCUT2D eigenvalue weighted by molar-refractivity contribution is 5.93. The summed E-state index contributed by atoms with van der Waals surface area (Å²) in [6.07, 6.45) is 2.09. The average Bonchev–Trinajstić information content (AvgIpc) is 3.09. The molecular weight excluding hydrogens is 393 g/mol. The second kappa shape index (κ2) is 8.60. The van der Waals surface area contributed by atoms with Crippen molar-refractivity contribution in [1.82, 2.24) is 9.38 Å². The molecule has 2 aromatic carbocycles. The maximum absolute atomic E-state index is 13.8. The summed E-state index contributed by atoms with van der Waals surface area (Å²) >= 11 is 0. The van der Waals surface area contributed by atoms with E-state index >= 15 is 0 Å². The van der Waals surface area contributed by atoms with Crippen LogP contribution in [-0.4, -0.2) is 21.9 Å². The van der Waals surface area contributed by atoms with Gasteiger partial charge in [-0.05, 0) is 80.4 Å². The quantitative estimate of drug-likeness (QED) is 0.461. The zero-order chi connectivity index (χ0) is 22.0. The molecule has 0 unspecified atom stereocenters. The van der Waals surface area contributed by atoms with Crippen LogP contribution in [0.25, 0.3) is 16.9 Å². The normalized spacial score (nSPS) is 11.0. The molecule has 0 saturated heterocycles. The molecule has 0 bridgehead atoms. The lowest BCUT2D eigenvalue weighted by atomic mass is 10.1. The Kier molecular flexibility index (Phi) is 5.71. The molecule has 5 nitrogen and oxygen atoms in total. The Balaban J connectivity index is 1.67. The monoisotopic (exact) mass is 417 g/mol. The van der Waals surface area contributed by atoms with Crippen LogP contribution in [0.15, 0.2) is 60.8 Å². The minimum Gasteiger partial charge on any atom is -0.494 e. The zero-order valence-electron chi connectivity index (χ0n) is 17.8. The predicted octanol–water partition coefficient (Wildman–Crippen LogP) is 5.34. The molecule has 0 atom stereocenters. The van der Waals surface area contributed by atoms with Crippen molar-refractivity contribution in [3.63, 3.8) is 0 Å². The van der Waals surface area contributed by atoms with Crippen molar-refractivity contribution in [2.45, 2.75) is 27.2 Å². The molecule has 0 aliphatic rings. The highest BCUT2D eigenvalue weighted by Crippen LogP contribution is 2.27. The highest BCUT2D eigenvalue weighted by atomic mass is 19.1. The lowest BCUT2D eigenvalue weighted by Gasteiger charge is -2.09. The zero-order valence-corrected chi connectivity index (χ0v) is 17.8. The summed E-state index contributed by atoms with van der Waals surface area (Å²) in [7, 11) is 0. The number of fused-ring (bicyclic) bond motifs is 1. The fourth-order valence-electron chi connectivity index (χ4n) is 3.55. The van der Waals surface area contributed by atoms with Crippen LogP contribution in [0.2, 0.25) is 0 Å². The van der Waals surface area contributed by atoms with E-state index in [1.807, 2.05) is 60.8 Å². The molecule has 4 aromatic rings. The number of ether oxygens (including phenoxy) is 1. The topological polar surface area (TPSA) is 55.6 Å². The molecule has 2 aromatic heterocycles. The van der Waals surface area contributed by atoms with Crippen molar-refractivity contribution in [3.8, 4) is 17.0 Å². The number of carbonyl (C=O) groups is 1. The summed E-state index contributed by atoms with van der Waals surface area (Å²) in [5.41, 5.74) is 5.24. The van der Waals surface area contributed by atoms with Gasteiger partial charge < -0.3 is 14.5 Å². The van der Waals surface area contributed by atoms with Gasteiger partial charge in [0.2, 0.25) is 5.91 Å². The average molecular weight is 417 g/mol. The third kappa shape index (κ3) is 4.43. The van der Waals surface area contributed by atoms with Gasteiger partial charge in [-0.2, -0.15) is 0 Å². The van der Waals surface area contributed by atoms with Crippen molar-refractivity contribution >= 4 is 17.2 Å². The lowest BCUT2D eigenvalue weighted by Crippen LogP contribution is -2.16. The van der Waals surface area contributed by atoms with Gasteiger partial charge in [0.15, 0.2) is 0 Å². The standard InChI is InChI=1S/C25H24FN3O2/c1-4-31-20-9-7-19(8-10-20)27-24(30)14-22-25(18-6-11-21(26)17(3)13-18)28-23-12-5-16(2)15-29(22)23/h5-13,15H,4,14H2,1-3H3,(H,27,30). The molecule has 0 spiro atoms. The first-order valence-electron chi connectivity index (χ1n) is 10.2. The van der Waals surface area contributed by atoms with Crippen LogP contribution in [0.5, 0.6) is 5.75 Å². The molecule has 6 heteroatoms. The summed E-state index contributed by atoms with van der Waals surface area (Å²) in [5, 5.41) is 2.93. The second-order valence-corrected chi connectivity index (χ2v) is 7.49. The number of imidazole rings is 1. The Morgan fingerprint density at radius 2 is 1.87 bits per heavy atom. The van der Waals surface area contributed by atoms with Crippen LogP contribution in [0.3, 0.4) is 0 Å². The number of halogens is 1. The van der Waals surface area contributed by atoms with Crippen molar-refractivity contribution in [2.75, 3.05) is 11.9 Å². The van der Waals surface area contributed by atoms with E-state index in [1.54, 1.807) is 19.1 Å². The van der Waals surface area contributed by atoms with E-state index in [9.17, 15) is 9.18 Å². The van der Waals surface area contributed by atoms with Crippen LogP contribution >= 0.6 is 0 Å². The molecule has 0 radical (unpaired) electrons. The number of aromatic nitrogens is 2. The van der Waals surface area contributed by atoms with Gasteiger partial charge in [-0.1, -0.05) is 6.07 Å². The van der Waals surface area contributed by atoms with E-state index in [4.69, 9.17) is 9.72 Å². The molecule has 2 heterocycles. The summed E-state index contributed by atoms with van der Waals surface area (Å²) in [6, 6.07) is 16.1. The Morgan fingerprint density at radius 3 is 2.58 bits per heavy atom. The lowest BCUT2D eigenvalue weighted by molar-refractivity contribution is -0.115. The fraction of sp³-hybridized carbons (Fsp3) is 0.200. The van der Waals surface area contributed by atoms with Gasteiger partial charge in [-0.15, -0.1) is 0 Å². The maximum Gasteiger partial charge on any atom is 0.230 e. The summed E-state index contributed by atoms with van der Waals surface area (Å²) < 4.78 is 21.2.